The second-order valence-corrected chi connectivity index (χ2v) is 7.76. The maximum absolute atomic E-state index is 11.5. The normalized spacial score (nSPS) is 10.9. The van der Waals surface area contributed by atoms with Crippen LogP contribution in [0.2, 0.25) is 10.0 Å². The lowest BCUT2D eigenvalue weighted by molar-refractivity contribution is -0.142. The standard InChI is InChI=1S/C21H19Cl2N3O3S/c1-2-28-20(27)10-17-13-30-21(25-17)26-24-11-14-5-3-4-6-19(14)29-12-15-7-8-16(22)9-18(15)23/h3-9,11,13H,2,10,12H2,1H3,(H,25,26). The van der Waals surface area contributed by atoms with E-state index in [1.165, 1.54) is 11.3 Å². The SMILES string of the molecule is CCOC(=O)Cc1csc(NN=Cc2ccccc2OCc2ccc(Cl)cc2Cl)n1. The van der Waals surface area contributed by atoms with Crippen LogP contribution in [-0.4, -0.2) is 23.8 Å². The Morgan fingerprint density at radius 2 is 2.10 bits per heavy atom. The minimum absolute atomic E-state index is 0.139. The van der Waals surface area contributed by atoms with Gasteiger partial charge in [0.15, 0.2) is 0 Å². The first-order valence-corrected chi connectivity index (χ1v) is 10.7. The van der Waals surface area contributed by atoms with E-state index in [-0.39, 0.29) is 12.4 Å². The smallest absolute Gasteiger partial charge is 0.311 e. The van der Waals surface area contributed by atoms with Crippen LogP contribution in [0, 0.1) is 0 Å². The summed E-state index contributed by atoms with van der Waals surface area (Å²) in [5.41, 5.74) is 5.13. The predicted molar refractivity (Wildman–Crippen MR) is 121 cm³/mol. The summed E-state index contributed by atoms with van der Waals surface area (Å²) in [5, 5.41) is 7.72. The molecule has 9 heteroatoms. The first-order valence-electron chi connectivity index (χ1n) is 9.10. The highest BCUT2D eigenvalue weighted by Gasteiger charge is 2.08. The second-order valence-electron chi connectivity index (χ2n) is 6.06. The van der Waals surface area contributed by atoms with Gasteiger partial charge in [-0.2, -0.15) is 5.10 Å². The first-order chi connectivity index (χ1) is 14.5. The fraction of sp³-hybridized carbons (Fsp3) is 0.190. The number of nitrogens with zero attached hydrogens (tertiary/aromatic N) is 2. The molecular weight excluding hydrogens is 445 g/mol. The molecule has 0 radical (unpaired) electrons. The van der Waals surface area contributed by atoms with Crippen LogP contribution in [0.1, 0.15) is 23.7 Å². The van der Waals surface area contributed by atoms with Crippen molar-refractivity contribution in [1.29, 1.82) is 0 Å². The lowest BCUT2D eigenvalue weighted by Crippen LogP contribution is -2.07. The fourth-order valence-electron chi connectivity index (χ4n) is 2.47. The van der Waals surface area contributed by atoms with E-state index in [2.05, 4.69) is 15.5 Å². The Labute approximate surface area is 188 Å². The van der Waals surface area contributed by atoms with E-state index in [4.69, 9.17) is 32.7 Å². The van der Waals surface area contributed by atoms with Gasteiger partial charge in [0, 0.05) is 26.6 Å². The van der Waals surface area contributed by atoms with Crippen molar-refractivity contribution >= 4 is 51.9 Å². The number of aromatic nitrogens is 1. The van der Waals surface area contributed by atoms with Gasteiger partial charge in [-0.3, -0.25) is 10.2 Å². The summed E-state index contributed by atoms with van der Waals surface area (Å²) < 4.78 is 10.8. The summed E-state index contributed by atoms with van der Waals surface area (Å²) in [4.78, 5) is 15.8. The number of nitrogens with one attached hydrogen (secondary N) is 1. The van der Waals surface area contributed by atoms with Crippen LogP contribution in [0.3, 0.4) is 0 Å². The maximum atomic E-state index is 11.5. The van der Waals surface area contributed by atoms with Gasteiger partial charge in [0.25, 0.3) is 0 Å². The molecule has 0 saturated heterocycles. The van der Waals surface area contributed by atoms with E-state index in [1.807, 2.05) is 30.3 Å². The molecule has 0 aliphatic heterocycles. The van der Waals surface area contributed by atoms with E-state index in [1.54, 1.807) is 30.7 Å². The highest BCUT2D eigenvalue weighted by molar-refractivity contribution is 7.13. The zero-order valence-electron chi connectivity index (χ0n) is 16.1. The summed E-state index contributed by atoms with van der Waals surface area (Å²) in [6, 6.07) is 12.8. The van der Waals surface area contributed by atoms with Crippen molar-refractivity contribution in [3.05, 3.63) is 74.7 Å². The average molecular weight is 464 g/mol. The summed E-state index contributed by atoms with van der Waals surface area (Å²) in [6.45, 7) is 2.42. The predicted octanol–water partition coefficient (Wildman–Crippen LogP) is 5.58. The molecule has 0 atom stereocenters. The van der Waals surface area contributed by atoms with Crippen LogP contribution < -0.4 is 10.2 Å². The number of carbonyl (C=O) groups is 1. The fourth-order valence-corrected chi connectivity index (χ4v) is 3.59. The minimum atomic E-state index is -0.301. The number of carbonyl (C=O) groups excluding carboxylic acids is 1. The van der Waals surface area contributed by atoms with Gasteiger partial charge in [0.2, 0.25) is 5.13 Å². The molecule has 6 nitrogen and oxygen atoms in total. The number of thiazole rings is 1. The van der Waals surface area contributed by atoms with Crippen LogP contribution in [0.15, 0.2) is 52.9 Å². The van der Waals surface area contributed by atoms with Gasteiger partial charge in [0.05, 0.1) is 24.9 Å². The number of rotatable bonds is 9. The minimum Gasteiger partial charge on any atom is -0.488 e. The van der Waals surface area contributed by atoms with Crippen molar-refractivity contribution in [2.45, 2.75) is 20.0 Å². The van der Waals surface area contributed by atoms with Crippen molar-refractivity contribution in [3.8, 4) is 5.75 Å². The molecule has 0 amide bonds. The summed E-state index contributed by atoms with van der Waals surface area (Å²) in [6.07, 6.45) is 1.78. The number of hydrazone groups is 1. The third-order valence-electron chi connectivity index (χ3n) is 3.86. The molecule has 0 aliphatic rings. The Hall–Kier alpha value is -2.61. The number of halogens is 2. The van der Waals surface area contributed by atoms with Crippen molar-refractivity contribution in [2.75, 3.05) is 12.0 Å². The Morgan fingerprint density at radius 3 is 2.90 bits per heavy atom. The third kappa shape index (κ3) is 6.45. The quantitative estimate of drug-likeness (QED) is 0.254. The number of benzene rings is 2. The molecular formula is C21H19Cl2N3O3S. The van der Waals surface area contributed by atoms with E-state index in [0.717, 1.165) is 11.1 Å². The highest BCUT2D eigenvalue weighted by atomic mass is 35.5. The Balaban J connectivity index is 1.60. The number of para-hydroxylation sites is 1. The van der Waals surface area contributed by atoms with E-state index in [0.29, 0.717) is 39.8 Å². The molecule has 1 N–H and O–H groups in total. The van der Waals surface area contributed by atoms with Crippen molar-refractivity contribution in [1.82, 2.24) is 4.98 Å². The van der Waals surface area contributed by atoms with Gasteiger partial charge >= 0.3 is 5.97 Å². The van der Waals surface area contributed by atoms with E-state index < -0.39 is 0 Å². The molecule has 3 aromatic rings. The van der Waals surface area contributed by atoms with Crippen LogP contribution in [-0.2, 0) is 22.6 Å². The van der Waals surface area contributed by atoms with Gasteiger partial charge in [-0.05, 0) is 31.2 Å². The van der Waals surface area contributed by atoms with Crippen LogP contribution in [0.5, 0.6) is 5.75 Å². The number of anilines is 1. The Kier molecular flexibility index (Phi) is 8.07. The molecule has 1 aromatic heterocycles. The molecule has 0 aliphatic carbocycles. The Morgan fingerprint density at radius 1 is 1.27 bits per heavy atom. The van der Waals surface area contributed by atoms with Gasteiger partial charge in [0.1, 0.15) is 12.4 Å². The van der Waals surface area contributed by atoms with Crippen LogP contribution in [0.25, 0.3) is 0 Å². The molecule has 0 bridgehead atoms. The van der Waals surface area contributed by atoms with E-state index >= 15 is 0 Å². The average Bonchev–Trinajstić information content (AvgIpc) is 3.15. The number of ether oxygens (including phenoxy) is 2. The van der Waals surface area contributed by atoms with Gasteiger partial charge in [-0.15, -0.1) is 11.3 Å². The van der Waals surface area contributed by atoms with Crippen LogP contribution >= 0.6 is 34.5 Å². The zero-order valence-corrected chi connectivity index (χ0v) is 18.4. The summed E-state index contributed by atoms with van der Waals surface area (Å²) in [7, 11) is 0. The highest BCUT2D eigenvalue weighted by Crippen LogP contribution is 2.24. The summed E-state index contributed by atoms with van der Waals surface area (Å²) in [5.74, 6) is 0.362. The number of esters is 1. The van der Waals surface area contributed by atoms with Gasteiger partial charge in [-0.25, -0.2) is 4.98 Å². The van der Waals surface area contributed by atoms with Gasteiger partial charge in [-0.1, -0.05) is 41.4 Å². The summed E-state index contributed by atoms with van der Waals surface area (Å²) >= 11 is 13.5. The van der Waals surface area contributed by atoms with Crippen LogP contribution in [0.4, 0.5) is 5.13 Å². The Bertz CT molecular complexity index is 1040. The third-order valence-corrected chi connectivity index (χ3v) is 5.25. The van der Waals surface area contributed by atoms with Crippen molar-refractivity contribution in [2.24, 2.45) is 5.10 Å². The largest absolute Gasteiger partial charge is 0.488 e. The van der Waals surface area contributed by atoms with Crippen molar-refractivity contribution in [3.63, 3.8) is 0 Å². The van der Waals surface area contributed by atoms with Gasteiger partial charge < -0.3 is 9.47 Å². The molecule has 0 unspecified atom stereocenters. The molecule has 0 saturated carbocycles. The number of hydrogen-bond acceptors (Lipinski definition) is 7. The molecule has 1 heterocycles. The molecule has 3 rings (SSSR count). The monoisotopic (exact) mass is 463 g/mol. The molecule has 2 aromatic carbocycles. The first kappa shape index (κ1) is 22.1. The maximum Gasteiger partial charge on any atom is 0.311 e. The molecule has 30 heavy (non-hydrogen) atoms. The topological polar surface area (TPSA) is 72.8 Å². The second kappa shape index (κ2) is 11.0. The molecule has 0 spiro atoms. The zero-order chi connectivity index (χ0) is 21.3. The lowest BCUT2D eigenvalue weighted by atomic mass is 10.2. The number of hydrogen-bond donors (Lipinski definition) is 1. The lowest BCUT2D eigenvalue weighted by Gasteiger charge is -2.10. The van der Waals surface area contributed by atoms with Crippen molar-refractivity contribution < 1.29 is 14.3 Å². The molecule has 0 fully saturated rings. The van der Waals surface area contributed by atoms with E-state index in [9.17, 15) is 4.79 Å². The molecule has 156 valence electrons.